The van der Waals surface area contributed by atoms with E-state index in [-0.39, 0.29) is 71.1 Å². The largest absolute Gasteiger partial charge is 0.443 e. The minimum atomic E-state index is -0.531. The molecule has 14 atom stereocenters. The van der Waals surface area contributed by atoms with Crippen molar-refractivity contribution in [3.05, 3.63) is 0 Å². The number of carbonyl (C=O) groups excluding carboxylic acids is 1. The third-order valence-corrected chi connectivity index (χ3v) is 18.4. The van der Waals surface area contributed by atoms with Crippen LogP contribution in [-0.4, -0.2) is 128 Å². The number of morpholine rings is 1. The predicted molar refractivity (Wildman–Crippen MR) is 200 cm³/mol. The number of aliphatic hydroxyl groups excluding tert-OH is 1. The third kappa shape index (κ3) is 5.29. The van der Waals surface area contributed by atoms with E-state index in [1.54, 1.807) is 4.90 Å². The van der Waals surface area contributed by atoms with Gasteiger partial charge >= 0.3 is 6.09 Å². The van der Waals surface area contributed by atoms with Crippen LogP contribution < -0.4 is 0 Å². The van der Waals surface area contributed by atoms with Crippen molar-refractivity contribution in [1.29, 1.82) is 0 Å². The first kappa shape index (κ1) is 37.5. The summed E-state index contributed by atoms with van der Waals surface area (Å²) in [5.74, 6) is 1.90. The van der Waals surface area contributed by atoms with Crippen LogP contribution in [0.2, 0.25) is 0 Å². The summed E-state index contributed by atoms with van der Waals surface area (Å²) in [6.07, 6.45) is 8.75. The van der Waals surface area contributed by atoms with Crippen LogP contribution in [0.5, 0.6) is 0 Å². The number of nitrogens with zero attached hydrogens (tertiary/aromatic N) is 3. The van der Waals surface area contributed by atoms with Gasteiger partial charge in [0.2, 0.25) is 0 Å². The molecule has 1 amide bonds. The molecule has 9 rings (SSSR count). The normalized spacial score (nSPS) is 49.8. The van der Waals surface area contributed by atoms with Gasteiger partial charge in [-0.2, -0.15) is 0 Å². The second-order valence-corrected chi connectivity index (χ2v) is 21.0. The van der Waals surface area contributed by atoms with E-state index in [9.17, 15) is 14.3 Å². The summed E-state index contributed by atoms with van der Waals surface area (Å²) < 4.78 is 39.3. The highest BCUT2D eigenvalue weighted by molar-refractivity contribution is 5.68. The highest BCUT2D eigenvalue weighted by Gasteiger charge is 2.84. The van der Waals surface area contributed by atoms with Crippen molar-refractivity contribution in [3.63, 3.8) is 0 Å². The Balaban J connectivity index is 0.904. The zero-order valence-electron chi connectivity index (χ0n) is 33.9. The maximum atomic E-state index is 13.0. The van der Waals surface area contributed by atoms with Gasteiger partial charge in [0.25, 0.3) is 0 Å². The SMILES string of the molecule is CC(C)[C@@H](OC(=O)N1CCC1)C1C[C@@H](C)[C@H]2C(O1)[C@H](O)[C@@]1(C)C3CC[C@H]4C(C)(C)[C@@H](O[C@H]5CN(C6CN(CCF)C6)CCO5)CC[C@@]45CC35CC[C@]21C. The van der Waals surface area contributed by atoms with E-state index < -0.39 is 6.10 Å². The molecule has 9 fully saturated rings. The van der Waals surface area contributed by atoms with Crippen LogP contribution >= 0.6 is 0 Å². The minimum absolute atomic E-state index is 0.000984. The number of fused-ring (bicyclic) bond motifs is 4. The first-order valence-corrected chi connectivity index (χ1v) is 21.8. The van der Waals surface area contributed by atoms with Crippen LogP contribution in [0, 0.1) is 56.7 Å². The van der Waals surface area contributed by atoms with Gasteiger partial charge in [-0.3, -0.25) is 9.80 Å². The van der Waals surface area contributed by atoms with Gasteiger partial charge in [0.1, 0.15) is 12.8 Å². The van der Waals surface area contributed by atoms with Gasteiger partial charge in [0.05, 0.1) is 31.0 Å². The van der Waals surface area contributed by atoms with E-state index in [1.807, 2.05) is 0 Å². The smallest absolute Gasteiger partial charge is 0.410 e. The molecule has 0 aromatic heterocycles. The van der Waals surface area contributed by atoms with Crippen LogP contribution in [0.15, 0.2) is 0 Å². The molecule has 0 aromatic carbocycles. The van der Waals surface area contributed by atoms with E-state index in [4.69, 9.17) is 18.9 Å². The first-order valence-electron chi connectivity index (χ1n) is 21.8. The Bertz CT molecular complexity index is 1410. The Morgan fingerprint density at radius 3 is 2.42 bits per heavy atom. The number of hydrogen-bond acceptors (Lipinski definition) is 8. The fraction of sp³-hybridized carbons (Fsp3) is 0.977. The summed E-state index contributed by atoms with van der Waals surface area (Å²) in [7, 11) is 0. The monoisotopic (exact) mass is 744 g/mol. The second-order valence-electron chi connectivity index (χ2n) is 21.0. The van der Waals surface area contributed by atoms with Crippen molar-refractivity contribution in [3.8, 4) is 0 Å². The van der Waals surface area contributed by atoms with Gasteiger partial charge in [-0.25, -0.2) is 9.18 Å². The van der Waals surface area contributed by atoms with E-state index in [1.165, 1.54) is 25.7 Å². The Morgan fingerprint density at radius 1 is 0.981 bits per heavy atom. The van der Waals surface area contributed by atoms with Crippen molar-refractivity contribution in [1.82, 2.24) is 14.7 Å². The standard InChI is InChI=1S/C43H70FN3O6/c1-26(2)35(53-38(49)46-16-8-17-46)29-21-27(3)34-36(51-29)37(48)41(7)31-10-9-30-39(4,5)32(11-12-42(30)25-43(31,42)14-13-40(34,41)6)52-33-24-47(19-20-50-33)28-22-45(23-28)18-15-44/h26-37,48H,8-25H2,1-7H3/t27-,29?,30+,31?,32+,33+,34+,35-,36?,37+,40-,41-,42-,43?/m1/s1. The summed E-state index contributed by atoms with van der Waals surface area (Å²) in [4.78, 5) is 19.5. The number of rotatable bonds is 8. The third-order valence-electron chi connectivity index (χ3n) is 18.4. The van der Waals surface area contributed by atoms with E-state index in [0.717, 1.165) is 71.4 Å². The van der Waals surface area contributed by atoms with E-state index in [2.05, 4.69) is 58.3 Å². The second kappa shape index (κ2) is 13.0. The zero-order valence-corrected chi connectivity index (χ0v) is 33.9. The van der Waals surface area contributed by atoms with Crippen LogP contribution in [0.25, 0.3) is 0 Å². The highest BCUT2D eigenvalue weighted by Crippen LogP contribution is 2.89. The molecule has 0 radical (unpaired) electrons. The van der Waals surface area contributed by atoms with Gasteiger partial charge in [0, 0.05) is 57.3 Å². The number of amides is 1. The minimum Gasteiger partial charge on any atom is -0.443 e. The average Bonchev–Trinajstić information content (AvgIpc) is 3.70. The molecular formula is C43H70FN3O6. The zero-order chi connectivity index (χ0) is 37.3. The molecule has 4 aliphatic heterocycles. The summed E-state index contributed by atoms with van der Waals surface area (Å²) in [5.41, 5.74) is 0.424. The number of likely N-dealkylation sites (tertiary alicyclic amines) is 2. The topological polar surface area (TPSA) is 83.9 Å². The Morgan fingerprint density at radius 2 is 1.72 bits per heavy atom. The molecule has 9 nitrogen and oxygen atoms in total. The average molecular weight is 744 g/mol. The molecule has 0 bridgehead atoms. The van der Waals surface area contributed by atoms with Crippen LogP contribution in [0.3, 0.4) is 0 Å². The lowest BCUT2D eigenvalue weighted by Gasteiger charge is -2.64. The molecule has 5 saturated carbocycles. The Hall–Kier alpha value is -1.04. The number of carbonyl (C=O) groups is 1. The molecule has 4 saturated heterocycles. The van der Waals surface area contributed by atoms with Gasteiger partial charge in [-0.05, 0) is 109 Å². The number of ether oxygens (including phenoxy) is 4. The number of hydrogen-bond donors (Lipinski definition) is 1. The van der Waals surface area contributed by atoms with Crippen molar-refractivity contribution < 1.29 is 33.2 Å². The van der Waals surface area contributed by atoms with Gasteiger partial charge < -0.3 is 29.0 Å². The fourth-order valence-electron chi connectivity index (χ4n) is 15.4. The maximum Gasteiger partial charge on any atom is 0.410 e. The lowest BCUT2D eigenvalue weighted by atomic mass is 9.41. The van der Waals surface area contributed by atoms with Crippen LogP contribution in [-0.2, 0) is 18.9 Å². The summed E-state index contributed by atoms with van der Waals surface area (Å²) in [6, 6.07) is 0.484. The summed E-state index contributed by atoms with van der Waals surface area (Å²) in [5, 5.41) is 12.7. The summed E-state index contributed by atoms with van der Waals surface area (Å²) >= 11 is 0. The quantitative estimate of drug-likeness (QED) is 0.308. The molecule has 5 aliphatic carbocycles. The first-order chi connectivity index (χ1) is 25.2. The molecule has 53 heavy (non-hydrogen) atoms. The van der Waals surface area contributed by atoms with Crippen LogP contribution in [0.1, 0.15) is 106 Å². The van der Waals surface area contributed by atoms with E-state index in [0.29, 0.717) is 48.3 Å². The van der Waals surface area contributed by atoms with Gasteiger partial charge in [-0.1, -0.05) is 48.5 Å². The van der Waals surface area contributed by atoms with Crippen molar-refractivity contribution >= 4 is 6.09 Å². The van der Waals surface area contributed by atoms with E-state index >= 15 is 0 Å². The molecule has 1 N–H and O–H groups in total. The number of halogens is 1. The number of aliphatic hydroxyl groups is 1. The maximum absolute atomic E-state index is 13.0. The Labute approximate surface area is 318 Å². The van der Waals surface area contributed by atoms with Crippen molar-refractivity contribution in [2.24, 2.45) is 56.7 Å². The van der Waals surface area contributed by atoms with Crippen molar-refractivity contribution in [2.45, 2.75) is 149 Å². The molecule has 4 unspecified atom stereocenters. The molecule has 9 aliphatic rings. The van der Waals surface area contributed by atoms with Gasteiger partial charge in [0.15, 0.2) is 6.29 Å². The lowest BCUT2D eigenvalue weighted by molar-refractivity contribution is -0.253. The molecule has 0 aromatic rings. The fourth-order valence-corrected chi connectivity index (χ4v) is 15.4. The van der Waals surface area contributed by atoms with Crippen LogP contribution in [0.4, 0.5) is 9.18 Å². The molecule has 2 spiro atoms. The molecule has 10 heteroatoms. The molecule has 300 valence electrons. The van der Waals surface area contributed by atoms with Gasteiger partial charge in [-0.15, -0.1) is 0 Å². The number of alkyl halides is 1. The Kier molecular flexibility index (Phi) is 9.20. The summed E-state index contributed by atoms with van der Waals surface area (Å²) in [6.45, 7) is 22.8. The predicted octanol–water partition coefficient (Wildman–Crippen LogP) is 6.36. The molecular weight excluding hydrogens is 673 g/mol. The lowest BCUT2D eigenvalue weighted by Crippen LogP contribution is -2.63. The van der Waals surface area contributed by atoms with Crippen molar-refractivity contribution in [2.75, 3.05) is 59.1 Å². The highest BCUT2D eigenvalue weighted by atomic mass is 19.1. The molecule has 4 heterocycles.